The molecule has 0 spiro atoms. The summed E-state index contributed by atoms with van der Waals surface area (Å²) in [6, 6.07) is 17.3. The number of hydrogen-bond donors (Lipinski definition) is 1. The molecule has 0 aliphatic rings. The molecule has 1 atom stereocenters. The van der Waals surface area contributed by atoms with E-state index in [1.165, 1.54) is 5.56 Å². The van der Waals surface area contributed by atoms with E-state index in [-0.39, 0.29) is 5.91 Å². The van der Waals surface area contributed by atoms with Gasteiger partial charge in [0.25, 0.3) is 5.91 Å². The molecule has 0 heterocycles. The molecule has 0 bridgehead atoms. The maximum absolute atomic E-state index is 12.3. The highest BCUT2D eigenvalue weighted by Crippen LogP contribution is 2.15. The van der Waals surface area contributed by atoms with Crippen LogP contribution in [0.15, 0.2) is 54.6 Å². The van der Waals surface area contributed by atoms with Gasteiger partial charge in [0.2, 0.25) is 0 Å². The summed E-state index contributed by atoms with van der Waals surface area (Å²) in [5, 5.41) is 2.92. The van der Waals surface area contributed by atoms with Crippen LogP contribution in [0.2, 0.25) is 0 Å². The zero-order valence-corrected chi connectivity index (χ0v) is 12.5. The predicted octanol–water partition coefficient (Wildman–Crippen LogP) is 4.05. The van der Waals surface area contributed by atoms with Crippen molar-refractivity contribution in [2.75, 3.05) is 5.32 Å². The molecule has 2 aromatic rings. The molecule has 3 nitrogen and oxygen atoms in total. The number of hydrogen-bond acceptors (Lipinski definition) is 2. The second kappa shape index (κ2) is 7.48. The van der Waals surface area contributed by atoms with Gasteiger partial charge in [-0.05, 0) is 42.7 Å². The van der Waals surface area contributed by atoms with Crippen LogP contribution in [0.3, 0.4) is 0 Å². The van der Waals surface area contributed by atoms with Crippen molar-refractivity contribution in [2.24, 2.45) is 0 Å². The fourth-order valence-electron chi connectivity index (χ4n) is 2.08. The van der Waals surface area contributed by atoms with E-state index in [0.29, 0.717) is 12.2 Å². The van der Waals surface area contributed by atoms with E-state index < -0.39 is 6.10 Å². The Morgan fingerprint density at radius 3 is 2.52 bits per heavy atom. The van der Waals surface area contributed by atoms with E-state index in [4.69, 9.17) is 4.74 Å². The van der Waals surface area contributed by atoms with Crippen LogP contribution < -0.4 is 10.1 Å². The van der Waals surface area contributed by atoms with Crippen molar-refractivity contribution < 1.29 is 9.53 Å². The summed E-state index contributed by atoms with van der Waals surface area (Å²) in [5.74, 6) is 0.594. The molecule has 110 valence electrons. The Morgan fingerprint density at radius 2 is 1.86 bits per heavy atom. The molecule has 0 saturated heterocycles. The van der Waals surface area contributed by atoms with E-state index in [1.807, 2.05) is 61.5 Å². The van der Waals surface area contributed by atoms with Crippen LogP contribution in [-0.4, -0.2) is 12.0 Å². The van der Waals surface area contributed by atoms with Crippen LogP contribution in [-0.2, 0) is 11.2 Å². The number of amides is 1. The Bertz CT molecular complexity index is 581. The molecular weight excluding hydrogens is 262 g/mol. The maximum Gasteiger partial charge on any atom is 0.265 e. The maximum atomic E-state index is 12.3. The summed E-state index contributed by atoms with van der Waals surface area (Å²) < 4.78 is 5.74. The summed E-state index contributed by atoms with van der Waals surface area (Å²) in [4.78, 5) is 12.3. The van der Waals surface area contributed by atoms with E-state index in [2.05, 4.69) is 12.2 Å². The van der Waals surface area contributed by atoms with Crippen LogP contribution in [0, 0.1) is 0 Å². The topological polar surface area (TPSA) is 38.3 Å². The zero-order chi connectivity index (χ0) is 15.1. The van der Waals surface area contributed by atoms with Crippen molar-refractivity contribution in [1.82, 2.24) is 0 Å². The number of anilines is 1. The first-order valence-corrected chi connectivity index (χ1v) is 7.34. The Morgan fingerprint density at radius 1 is 1.10 bits per heavy atom. The summed E-state index contributed by atoms with van der Waals surface area (Å²) in [6.45, 7) is 4.03. The first kappa shape index (κ1) is 15.1. The summed E-state index contributed by atoms with van der Waals surface area (Å²) in [6.07, 6.45) is 1.08. The highest BCUT2D eigenvalue weighted by atomic mass is 16.5. The van der Waals surface area contributed by atoms with Crippen LogP contribution in [0.5, 0.6) is 5.75 Å². The molecule has 3 heteroatoms. The van der Waals surface area contributed by atoms with Gasteiger partial charge in [0.15, 0.2) is 6.10 Å². The zero-order valence-electron chi connectivity index (χ0n) is 12.5. The fourth-order valence-corrected chi connectivity index (χ4v) is 2.08. The molecule has 0 fully saturated rings. The van der Waals surface area contributed by atoms with E-state index in [9.17, 15) is 4.79 Å². The molecule has 1 N–H and O–H groups in total. The number of carbonyl (C=O) groups is 1. The second-order valence-corrected chi connectivity index (χ2v) is 4.87. The number of rotatable bonds is 6. The minimum Gasteiger partial charge on any atom is -0.481 e. The molecule has 1 amide bonds. The van der Waals surface area contributed by atoms with Crippen molar-refractivity contribution in [3.63, 3.8) is 0 Å². The van der Waals surface area contributed by atoms with Gasteiger partial charge in [-0.1, -0.05) is 44.2 Å². The Kier molecular flexibility index (Phi) is 5.38. The van der Waals surface area contributed by atoms with Crippen LogP contribution in [0.4, 0.5) is 5.69 Å². The monoisotopic (exact) mass is 283 g/mol. The van der Waals surface area contributed by atoms with Gasteiger partial charge in [-0.3, -0.25) is 4.79 Å². The number of para-hydroxylation sites is 1. The number of nitrogens with one attached hydrogen (secondary N) is 1. The lowest BCUT2D eigenvalue weighted by atomic mass is 10.1. The van der Waals surface area contributed by atoms with Crippen molar-refractivity contribution in [2.45, 2.75) is 32.8 Å². The quantitative estimate of drug-likeness (QED) is 0.868. The second-order valence-electron chi connectivity index (χ2n) is 4.87. The molecule has 0 aromatic heterocycles. The summed E-state index contributed by atoms with van der Waals surface area (Å²) in [5.41, 5.74) is 2.01. The molecule has 0 saturated carbocycles. The van der Waals surface area contributed by atoms with Crippen LogP contribution in [0.1, 0.15) is 25.8 Å². The van der Waals surface area contributed by atoms with Gasteiger partial charge in [0.05, 0.1) is 0 Å². The van der Waals surface area contributed by atoms with Gasteiger partial charge in [0, 0.05) is 5.69 Å². The highest BCUT2D eigenvalue weighted by Gasteiger charge is 2.18. The van der Waals surface area contributed by atoms with Gasteiger partial charge in [-0.25, -0.2) is 0 Å². The van der Waals surface area contributed by atoms with Gasteiger partial charge in [-0.2, -0.15) is 0 Å². The molecule has 0 radical (unpaired) electrons. The standard InChI is InChI=1S/C18H21NO2/c1-3-14-9-8-10-15(13-14)19-18(20)17(4-2)21-16-11-6-5-7-12-16/h5-13,17H,3-4H2,1-2H3,(H,19,20)/t17-/m1/s1. The highest BCUT2D eigenvalue weighted by molar-refractivity contribution is 5.94. The lowest BCUT2D eigenvalue weighted by Crippen LogP contribution is -2.32. The third-order valence-electron chi connectivity index (χ3n) is 3.29. The summed E-state index contributed by atoms with van der Waals surface area (Å²) >= 11 is 0. The average molecular weight is 283 g/mol. The number of benzene rings is 2. The Hall–Kier alpha value is -2.29. The van der Waals surface area contributed by atoms with E-state index in [1.54, 1.807) is 0 Å². The Balaban J connectivity index is 2.02. The lowest BCUT2D eigenvalue weighted by Gasteiger charge is -2.17. The first-order valence-electron chi connectivity index (χ1n) is 7.34. The average Bonchev–Trinajstić information content (AvgIpc) is 2.53. The number of aryl methyl sites for hydroxylation is 1. The molecule has 0 unspecified atom stereocenters. The third kappa shape index (κ3) is 4.35. The summed E-state index contributed by atoms with van der Waals surface area (Å²) in [7, 11) is 0. The lowest BCUT2D eigenvalue weighted by molar-refractivity contribution is -0.122. The Labute approximate surface area is 126 Å². The smallest absolute Gasteiger partial charge is 0.265 e. The van der Waals surface area contributed by atoms with Crippen LogP contribution in [0.25, 0.3) is 0 Å². The molecule has 2 rings (SSSR count). The van der Waals surface area contributed by atoms with Crippen molar-refractivity contribution >= 4 is 11.6 Å². The molecule has 0 aliphatic heterocycles. The predicted molar refractivity (Wildman–Crippen MR) is 85.6 cm³/mol. The van der Waals surface area contributed by atoms with Crippen molar-refractivity contribution in [3.05, 3.63) is 60.2 Å². The van der Waals surface area contributed by atoms with E-state index in [0.717, 1.165) is 12.1 Å². The largest absolute Gasteiger partial charge is 0.481 e. The first-order chi connectivity index (χ1) is 10.2. The van der Waals surface area contributed by atoms with Gasteiger partial charge >= 0.3 is 0 Å². The van der Waals surface area contributed by atoms with Crippen LogP contribution >= 0.6 is 0 Å². The molecule has 21 heavy (non-hydrogen) atoms. The number of ether oxygens (including phenoxy) is 1. The van der Waals surface area contributed by atoms with Gasteiger partial charge < -0.3 is 10.1 Å². The van der Waals surface area contributed by atoms with E-state index >= 15 is 0 Å². The van der Waals surface area contributed by atoms with Gasteiger partial charge in [0.1, 0.15) is 5.75 Å². The minimum absolute atomic E-state index is 0.116. The third-order valence-corrected chi connectivity index (χ3v) is 3.29. The molecular formula is C18H21NO2. The molecule has 2 aromatic carbocycles. The van der Waals surface area contributed by atoms with Gasteiger partial charge in [-0.15, -0.1) is 0 Å². The van der Waals surface area contributed by atoms with Crippen molar-refractivity contribution in [1.29, 1.82) is 0 Å². The number of carbonyl (C=O) groups excluding carboxylic acids is 1. The SMILES string of the molecule is CCc1cccc(NC(=O)[C@@H](CC)Oc2ccccc2)c1. The fraction of sp³-hybridized carbons (Fsp3) is 0.278. The van der Waals surface area contributed by atoms with Crippen molar-refractivity contribution in [3.8, 4) is 5.75 Å². The minimum atomic E-state index is -0.488. The molecule has 0 aliphatic carbocycles. The normalized spacial score (nSPS) is 11.7.